The molecule has 0 unspecified atom stereocenters. The summed E-state index contributed by atoms with van der Waals surface area (Å²) in [7, 11) is 1.29. The second-order valence-corrected chi connectivity index (χ2v) is 4.08. The van der Waals surface area contributed by atoms with E-state index >= 15 is 0 Å². The number of hydrogen-bond donors (Lipinski definition) is 1. The molecule has 1 aromatic heterocycles. The number of anilines is 1. The number of aromatic nitrogens is 1. The fraction of sp³-hybridized carbons (Fsp3) is 0.0833. The zero-order valence-electron chi connectivity index (χ0n) is 9.54. The summed E-state index contributed by atoms with van der Waals surface area (Å²) in [5.74, 6) is -0.850. The third-order valence-corrected chi connectivity index (χ3v) is 2.83. The smallest absolute Gasteiger partial charge is 0.339 e. The number of esters is 1. The van der Waals surface area contributed by atoms with E-state index in [1.807, 2.05) is 0 Å². The molecule has 0 radical (unpaired) electrons. The quantitative estimate of drug-likeness (QED) is 0.861. The second kappa shape index (κ2) is 5.42. The Labute approximate surface area is 107 Å². The highest BCUT2D eigenvalue weighted by Gasteiger charge is 2.14. The van der Waals surface area contributed by atoms with E-state index in [9.17, 15) is 9.59 Å². The van der Waals surface area contributed by atoms with Crippen molar-refractivity contribution in [1.29, 1.82) is 0 Å². The van der Waals surface area contributed by atoms with Crippen LogP contribution < -0.4 is 5.32 Å². The van der Waals surface area contributed by atoms with Gasteiger partial charge in [-0.2, -0.15) is 0 Å². The first-order chi connectivity index (χ1) is 8.72. The van der Waals surface area contributed by atoms with Gasteiger partial charge in [-0.25, -0.2) is 9.78 Å². The molecule has 18 heavy (non-hydrogen) atoms. The summed E-state index contributed by atoms with van der Waals surface area (Å²) in [6.45, 7) is 0. The Balaban J connectivity index is 2.24. The maximum absolute atomic E-state index is 11.8. The third-order valence-electron chi connectivity index (χ3n) is 2.25. The van der Waals surface area contributed by atoms with Gasteiger partial charge in [0.2, 0.25) is 0 Å². The molecule has 0 saturated heterocycles. The number of nitrogens with one attached hydrogen (secondary N) is 1. The number of hydrogen-bond acceptors (Lipinski definition) is 5. The number of benzene rings is 1. The van der Waals surface area contributed by atoms with Gasteiger partial charge in [-0.15, -0.1) is 11.3 Å². The van der Waals surface area contributed by atoms with E-state index in [1.54, 1.807) is 35.2 Å². The summed E-state index contributed by atoms with van der Waals surface area (Å²) in [6, 6.07) is 6.65. The number of nitrogens with zero attached hydrogens (tertiary/aromatic N) is 1. The van der Waals surface area contributed by atoms with Crippen molar-refractivity contribution < 1.29 is 14.3 Å². The summed E-state index contributed by atoms with van der Waals surface area (Å²) < 4.78 is 4.65. The summed E-state index contributed by atoms with van der Waals surface area (Å²) in [4.78, 5) is 27.2. The van der Waals surface area contributed by atoms with Crippen molar-refractivity contribution in [3.63, 3.8) is 0 Å². The number of amides is 1. The van der Waals surface area contributed by atoms with E-state index < -0.39 is 5.97 Å². The van der Waals surface area contributed by atoms with E-state index in [1.165, 1.54) is 18.4 Å². The molecule has 0 bridgehead atoms. The van der Waals surface area contributed by atoms with Crippen molar-refractivity contribution in [2.24, 2.45) is 0 Å². The molecule has 1 amide bonds. The van der Waals surface area contributed by atoms with Crippen molar-refractivity contribution in [1.82, 2.24) is 4.98 Å². The van der Waals surface area contributed by atoms with Gasteiger partial charge in [-0.05, 0) is 12.1 Å². The number of thiazole rings is 1. The van der Waals surface area contributed by atoms with E-state index in [0.717, 1.165) is 0 Å². The van der Waals surface area contributed by atoms with Crippen molar-refractivity contribution in [3.8, 4) is 0 Å². The van der Waals surface area contributed by atoms with Crippen LogP contribution in [0.4, 0.5) is 5.69 Å². The molecule has 6 heteroatoms. The molecule has 5 nitrogen and oxygen atoms in total. The highest BCUT2D eigenvalue weighted by molar-refractivity contribution is 7.07. The number of rotatable bonds is 3. The molecule has 0 aliphatic rings. The first-order valence-electron chi connectivity index (χ1n) is 5.09. The molecule has 1 heterocycles. The van der Waals surface area contributed by atoms with Crippen LogP contribution in [0, 0.1) is 0 Å². The molecule has 0 spiro atoms. The van der Waals surface area contributed by atoms with Crippen LogP contribution in [0.5, 0.6) is 0 Å². The summed E-state index contributed by atoms with van der Waals surface area (Å²) >= 11 is 1.33. The molecule has 0 saturated carbocycles. The number of ether oxygens (including phenoxy) is 1. The Bertz CT molecular complexity index is 566. The molecule has 1 N–H and O–H groups in total. The predicted octanol–water partition coefficient (Wildman–Crippen LogP) is 2.18. The van der Waals surface area contributed by atoms with Gasteiger partial charge >= 0.3 is 5.97 Å². The molecule has 1 aromatic carbocycles. The molecule has 92 valence electrons. The first kappa shape index (κ1) is 12.3. The summed E-state index contributed by atoms with van der Waals surface area (Å²) in [6.07, 6.45) is 0. The molecule has 0 aliphatic heterocycles. The zero-order chi connectivity index (χ0) is 13.0. The Morgan fingerprint density at radius 3 is 2.78 bits per heavy atom. The minimum atomic E-state index is -0.496. The zero-order valence-corrected chi connectivity index (χ0v) is 10.4. The average molecular weight is 262 g/mol. The van der Waals surface area contributed by atoms with Crippen LogP contribution in [0.1, 0.15) is 20.8 Å². The van der Waals surface area contributed by atoms with Gasteiger partial charge in [0.25, 0.3) is 5.91 Å². The van der Waals surface area contributed by atoms with Gasteiger partial charge in [0.1, 0.15) is 5.69 Å². The van der Waals surface area contributed by atoms with Crippen LogP contribution in [0.15, 0.2) is 35.2 Å². The van der Waals surface area contributed by atoms with E-state index in [2.05, 4.69) is 15.0 Å². The van der Waals surface area contributed by atoms with Crippen LogP contribution in [0.3, 0.4) is 0 Å². The third kappa shape index (κ3) is 2.54. The second-order valence-electron chi connectivity index (χ2n) is 3.36. The topological polar surface area (TPSA) is 68.3 Å². The predicted molar refractivity (Wildman–Crippen MR) is 67.8 cm³/mol. The minimum Gasteiger partial charge on any atom is -0.465 e. The monoisotopic (exact) mass is 262 g/mol. The van der Waals surface area contributed by atoms with E-state index in [-0.39, 0.29) is 5.91 Å². The van der Waals surface area contributed by atoms with Crippen LogP contribution in [0.2, 0.25) is 0 Å². The fourth-order valence-corrected chi connectivity index (χ4v) is 1.92. The Kier molecular flexibility index (Phi) is 3.69. The normalized spacial score (nSPS) is 9.83. The number of carbonyl (C=O) groups excluding carboxylic acids is 2. The Morgan fingerprint density at radius 2 is 2.11 bits per heavy atom. The van der Waals surface area contributed by atoms with Gasteiger partial charge in [0.05, 0.1) is 23.9 Å². The largest absolute Gasteiger partial charge is 0.465 e. The highest BCUT2D eigenvalue weighted by atomic mass is 32.1. The maximum atomic E-state index is 11.8. The lowest BCUT2D eigenvalue weighted by atomic mass is 10.2. The molecule has 2 aromatic rings. The lowest BCUT2D eigenvalue weighted by Crippen LogP contribution is -2.15. The molecule has 0 aliphatic carbocycles. The van der Waals surface area contributed by atoms with Crippen LogP contribution in [0.25, 0.3) is 0 Å². The molecule has 2 rings (SSSR count). The Morgan fingerprint density at radius 1 is 1.33 bits per heavy atom. The molecular formula is C12H10N2O3S. The number of para-hydroxylation sites is 1. The van der Waals surface area contributed by atoms with Crippen molar-refractivity contribution >= 4 is 28.9 Å². The Hall–Kier alpha value is -2.21. The van der Waals surface area contributed by atoms with Crippen LogP contribution >= 0.6 is 11.3 Å². The number of methoxy groups -OCH3 is 1. The molecule has 0 atom stereocenters. The molecule has 0 fully saturated rings. The van der Waals surface area contributed by atoms with Crippen LogP contribution in [-0.2, 0) is 4.74 Å². The van der Waals surface area contributed by atoms with E-state index in [4.69, 9.17) is 0 Å². The standard InChI is InChI=1S/C12H10N2O3S/c1-17-12(16)8-4-2-3-5-9(8)14-11(15)10-6-18-7-13-10/h2-7H,1H3,(H,14,15). The summed E-state index contributed by atoms with van der Waals surface area (Å²) in [5.41, 5.74) is 2.60. The van der Waals surface area contributed by atoms with Gasteiger partial charge < -0.3 is 10.1 Å². The maximum Gasteiger partial charge on any atom is 0.339 e. The number of carbonyl (C=O) groups is 2. The fourth-order valence-electron chi connectivity index (χ4n) is 1.39. The average Bonchev–Trinajstić information content (AvgIpc) is 2.92. The minimum absolute atomic E-state index is 0.309. The van der Waals surface area contributed by atoms with Gasteiger partial charge in [-0.1, -0.05) is 12.1 Å². The van der Waals surface area contributed by atoms with Crippen molar-refractivity contribution in [3.05, 3.63) is 46.4 Å². The van der Waals surface area contributed by atoms with Crippen LogP contribution in [-0.4, -0.2) is 24.0 Å². The molecular weight excluding hydrogens is 252 g/mol. The van der Waals surface area contributed by atoms with Gasteiger partial charge in [0.15, 0.2) is 0 Å². The van der Waals surface area contributed by atoms with Crippen molar-refractivity contribution in [2.75, 3.05) is 12.4 Å². The highest BCUT2D eigenvalue weighted by Crippen LogP contribution is 2.17. The van der Waals surface area contributed by atoms with E-state index in [0.29, 0.717) is 16.9 Å². The SMILES string of the molecule is COC(=O)c1ccccc1NC(=O)c1cscn1. The first-order valence-corrected chi connectivity index (χ1v) is 6.03. The lowest BCUT2D eigenvalue weighted by molar-refractivity contribution is 0.0602. The van der Waals surface area contributed by atoms with Crippen molar-refractivity contribution in [2.45, 2.75) is 0 Å². The lowest BCUT2D eigenvalue weighted by Gasteiger charge is -2.08. The summed E-state index contributed by atoms with van der Waals surface area (Å²) in [5, 5.41) is 4.27. The van der Waals surface area contributed by atoms with Gasteiger partial charge in [0, 0.05) is 5.38 Å². The van der Waals surface area contributed by atoms with Gasteiger partial charge in [-0.3, -0.25) is 4.79 Å².